The summed E-state index contributed by atoms with van der Waals surface area (Å²) in [6.45, 7) is 4.21. The van der Waals surface area contributed by atoms with E-state index >= 15 is 0 Å². The minimum absolute atomic E-state index is 0.0492. The Labute approximate surface area is 193 Å². The molecule has 1 N–H and O–H groups in total. The Hall–Kier alpha value is -3.22. The van der Waals surface area contributed by atoms with Crippen molar-refractivity contribution in [2.75, 3.05) is 26.2 Å². The minimum atomic E-state index is -0.636. The standard InChI is InChI=1S/C26H30FN3O3/c1-18-8-10-20(11-9-18)24(31)28-23(26(33)29-14-4-5-15-29)19-12-16-30(17-13-19)25(32)21-6-2-3-7-22(21)27/h2-3,6-11,19,23H,4-5,12-17H2,1H3,(H,28,31)/t23-/m0/s1. The van der Waals surface area contributed by atoms with Crippen molar-refractivity contribution >= 4 is 17.7 Å². The Morgan fingerprint density at radius 1 is 0.909 bits per heavy atom. The van der Waals surface area contributed by atoms with Crippen molar-refractivity contribution in [1.29, 1.82) is 0 Å². The zero-order valence-electron chi connectivity index (χ0n) is 18.9. The van der Waals surface area contributed by atoms with E-state index in [-0.39, 0.29) is 29.2 Å². The summed E-state index contributed by atoms with van der Waals surface area (Å²) in [4.78, 5) is 42.5. The Kier molecular flexibility index (Phi) is 7.06. The lowest BCUT2D eigenvalue weighted by molar-refractivity contribution is -0.134. The van der Waals surface area contributed by atoms with Crippen LogP contribution in [0, 0.1) is 18.7 Å². The van der Waals surface area contributed by atoms with E-state index in [1.807, 2.05) is 24.0 Å². The molecule has 1 atom stereocenters. The van der Waals surface area contributed by atoms with Crippen LogP contribution in [0.25, 0.3) is 0 Å². The number of aryl methyl sites for hydroxylation is 1. The fourth-order valence-corrected chi connectivity index (χ4v) is 4.69. The maximum absolute atomic E-state index is 14.1. The zero-order valence-corrected chi connectivity index (χ0v) is 18.9. The average Bonchev–Trinajstić information content (AvgIpc) is 3.38. The highest BCUT2D eigenvalue weighted by Gasteiger charge is 2.37. The van der Waals surface area contributed by atoms with Gasteiger partial charge in [-0.25, -0.2) is 4.39 Å². The monoisotopic (exact) mass is 451 g/mol. The summed E-state index contributed by atoms with van der Waals surface area (Å²) in [6.07, 6.45) is 3.08. The second kappa shape index (κ2) is 10.1. The highest BCUT2D eigenvalue weighted by Crippen LogP contribution is 2.25. The van der Waals surface area contributed by atoms with Crippen LogP contribution in [0.15, 0.2) is 48.5 Å². The Balaban J connectivity index is 1.46. The molecule has 0 spiro atoms. The molecule has 2 aliphatic rings. The normalized spacial score (nSPS) is 17.6. The first-order valence-electron chi connectivity index (χ1n) is 11.6. The SMILES string of the molecule is Cc1ccc(C(=O)N[C@H](C(=O)N2CCCC2)C2CCN(C(=O)c3ccccc3F)CC2)cc1. The molecule has 4 rings (SSSR count). The fraction of sp³-hybridized carbons (Fsp3) is 0.423. The third-order valence-corrected chi connectivity index (χ3v) is 6.69. The molecule has 2 heterocycles. The molecule has 2 fully saturated rings. The topological polar surface area (TPSA) is 69.7 Å². The van der Waals surface area contributed by atoms with E-state index in [0.29, 0.717) is 44.6 Å². The number of benzene rings is 2. The van der Waals surface area contributed by atoms with Gasteiger partial charge in [-0.2, -0.15) is 0 Å². The molecule has 0 aliphatic carbocycles. The molecule has 2 aromatic carbocycles. The average molecular weight is 452 g/mol. The van der Waals surface area contributed by atoms with Gasteiger partial charge in [0.25, 0.3) is 11.8 Å². The van der Waals surface area contributed by atoms with Gasteiger partial charge in [0.2, 0.25) is 5.91 Å². The first-order chi connectivity index (χ1) is 15.9. The predicted octanol–water partition coefficient (Wildman–Crippen LogP) is 3.41. The first kappa shape index (κ1) is 23.0. The number of carbonyl (C=O) groups excluding carboxylic acids is 3. The number of carbonyl (C=O) groups is 3. The lowest BCUT2D eigenvalue weighted by Gasteiger charge is -2.37. The van der Waals surface area contributed by atoms with E-state index in [2.05, 4.69) is 5.32 Å². The van der Waals surface area contributed by atoms with E-state index in [0.717, 1.165) is 18.4 Å². The van der Waals surface area contributed by atoms with Crippen molar-refractivity contribution in [2.24, 2.45) is 5.92 Å². The van der Waals surface area contributed by atoms with Crippen molar-refractivity contribution < 1.29 is 18.8 Å². The smallest absolute Gasteiger partial charge is 0.256 e. The van der Waals surface area contributed by atoms with Crippen molar-refractivity contribution in [3.63, 3.8) is 0 Å². The van der Waals surface area contributed by atoms with Crippen LogP contribution < -0.4 is 5.32 Å². The Morgan fingerprint density at radius 3 is 2.18 bits per heavy atom. The van der Waals surface area contributed by atoms with Crippen LogP contribution in [-0.2, 0) is 4.79 Å². The van der Waals surface area contributed by atoms with Crippen LogP contribution in [0.5, 0.6) is 0 Å². The van der Waals surface area contributed by atoms with Crippen LogP contribution in [0.4, 0.5) is 4.39 Å². The Morgan fingerprint density at radius 2 is 1.55 bits per heavy atom. The highest BCUT2D eigenvalue weighted by atomic mass is 19.1. The zero-order chi connectivity index (χ0) is 23.4. The number of piperidine rings is 1. The summed E-state index contributed by atoms with van der Waals surface area (Å²) in [5.74, 6) is -1.27. The van der Waals surface area contributed by atoms with Gasteiger partial charge in [-0.15, -0.1) is 0 Å². The predicted molar refractivity (Wildman–Crippen MR) is 123 cm³/mol. The summed E-state index contributed by atoms with van der Waals surface area (Å²) in [7, 11) is 0. The van der Waals surface area contributed by atoms with E-state index in [4.69, 9.17) is 0 Å². The van der Waals surface area contributed by atoms with Crippen LogP contribution in [0.3, 0.4) is 0 Å². The maximum atomic E-state index is 14.1. The molecule has 3 amide bonds. The van der Waals surface area contributed by atoms with Gasteiger partial charge in [-0.1, -0.05) is 29.8 Å². The van der Waals surface area contributed by atoms with Gasteiger partial charge in [0.05, 0.1) is 5.56 Å². The lowest BCUT2D eigenvalue weighted by atomic mass is 9.88. The summed E-state index contributed by atoms with van der Waals surface area (Å²) in [5.41, 5.74) is 1.64. The van der Waals surface area contributed by atoms with Crippen LogP contribution >= 0.6 is 0 Å². The molecule has 0 bridgehead atoms. The fourth-order valence-electron chi connectivity index (χ4n) is 4.69. The molecule has 7 heteroatoms. The van der Waals surface area contributed by atoms with Crippen LogP contribution in [0.2, 0.25) is 0 Å². The molecule has 0 unspecified atom stereocenters. The quantitative estimate of drug-likeness (QED) is 0.758. The van der Waals surface area contributed by atoms with E-state index in [1.165, 1.54) is 12.1 Å². The van der Waals surface area contributed by atoms with Gasteiger partial charge in [0, 0.05) is 31.7 Å². The molecule has 0 saturated carbocycles. The molecular weight excluding hydrogens is 421 g/mol. The summed E-state index contributed by atoms with van der Waals surface area (Å²) < 4.78 is 14.1. The Bertz CT molecular complexity index is 1010. The van der Waals surface area contributed by atoms with E-state index in [9.17, 15) is 18.8 Å². The number of halogens is 1. The van der Waals surface area contributed by atoms with Crippen molar-refractivity contribution in [1.82, 2.24) is 15.1 Å². The molecule has 6 nitrogen and oxygen atoms in total. The van der Waals surface area contributed by atoms with Gasteiger partial charge in [0.15, 0.2) is 0 Å². The third-order valence-electron chi connectivity index (χ3n) is 6.69. The van der Waals surface area contributed by atoms with Crippen molar-refractivity contribution in [3.8, 4) is 0 Å². The molecular formula is C26H30FN3O3. The number of amides is 3. The van der Waals surface area contributed by atoms with Gasteiger partial charge < -0.3 is 15.1 Å². The summed E-state index contributed by atoms with van der Waals surface area (Å²) in [6, 6.07) is 12.6. The number of likely N-dealkylation sites (tertiary alicyclic amines) is 2. The van der Waals surface area contributed by atoms with Gasteiger partial charge in [-0.05, 0) is 62.8 Å². The highest BCUT2D eigenvalue weighted by molar-refractivity contribution is 5.98. The second-order valence-electron chi connectivity index (χ2n) is 8.96. The van der Waals surface area contributed by atoms with Gasteiger partial charge in [0.1, 0.15) is 11.9 Å². The van der Waals surface area contributed by atoms with Crippen LogP contribution in [-0.4, -0.2) is 59.7 Å². The van der Waals surface area contributed by atoms with Crippen molar-refractivity contribution in [2.45, 2.75) is 38.6 Å². The first-order valence-corrected chi connectivity index (χ1v) is 11.6. The summed E-state index contributed by atoms with van der Waals surface area (Å²) >= 11 is 0. The van der Waals surface area contributed by atoms with Crippen LogP contribution in [0.1, 0.15) is 52.0 Å². The minimum Gasteiger partial charge on any atom is -0.341 e. The summed E-state index contributed by atoms with van der Waals surface area (Å²) in [5, 5.41) is 2.99. The third kappa shape index (κ3) is 5.24. The molecule has 0 aromatic heterocycles. The molecule has 174 valence electrons. The largest absolute Gasteiger partial charge is 0.341 e. The number of rotatable bonds is 5. The molecule has 2 aliphatic heterocycles. The molecule has 2 saturated heterocycles. The number of nitrogens with one attached hydrogen (secondary N) is 1. The van der Waals surface area contributed by atoms with Crippen molar-refractivity contribution in [3.05, 3.63) is 71.0 Å². The molecule has 33 heavy (non-hydrogen) atoms. The number of nitrogens with zero attached hydrogens (tertiary/aromatic N) is 2. The van der Waals surface area contributed by atoms with Gasteiger partial charge in [-0.3, -0.25) is 14.4 Å². The second-order valence-corrected chi connectivity index (χ2v) is 8.96. The van der Waals surface area contributed by atoms with Gasteiger partial charge >= 0.3 is 0 Å². The number of hydrogen-bond donors (Lipinski definition) is 1. The molecule has 2 aromatic rings. The lowest BCUT2D eigenvalue weighted by Crippen LogP contribution is -2.54. The van der Waals surface area contributed by atoms with E-state index < -0.39 is 11.9 Å². The molecule has 0 radical (unpaired) electrons. The van der Waals surface area contributed by atoms with E-state index in [1.54, 1.807) is 29.2 Å². The maximum Gasteiger partial charge on any atom is 0.256 e. The number of hydrogen-bond acceptors (Lipinski definition) is 3.